The van der Waals surface area contributed by atoms with Gasteiger partial charge in [-0.25, -0.2) is 0 Å². The Hall–Kier alpha value is -2.11. The Kier molecular flexibility index (Phi) is 3.53. The van der Waals surface area contributed by atoms with Crippen LogP contribution in [0.25, 0.3) is 0 Å². The molecule has 1 aromatic heterocycles. The minimum Gasteiger partial charge on any atom is -0.503 e. The average molecular weight is 320 g/mol. The molecule has 2 heterocycles. The van der Waals surface area contributed by atoms with Gasteiger partial charge in [0.25, 0.3) is 5.91 Å². The third kappa shape index (κ3) is 2.34. The number of nitrogens with one attached hydrogen (secondary N) is 1. The highest BCUT2D eigenvalue weighted by Gasteiger charge is 2.38. The highest BCUT2D eigenvalue weighted by Crippen LogP contribution is 2.35. The van der Waals surface area contributed by atoms with Gasteiger partial charge in [0.05, 0.1) is 16.5 Å². The maximum absolute atomic E-state index is 12.5. The first-order chi connectivity index (χ1) is 10.1. The molecule has 0 aliphatic carbocycles. The fourth-order valence-corrected chi connectivity index (χ4v) is 3.17. The van der Waals surface area contributed by atoms with Crippen LogP contribution >= 0.6 is 22.9 Å². The van der Waals surface area contributed by atoms with Crippen molar-refractivity contribution in [3.05, 3.63) is 68.6 Å². The van der Waals surface area contributed by atoms with Crippen LogP contribution < -0.4 is 5.32 Å². The largest absolute Gasteiger partial charge is 0.503 e. The number of hydrogen-bond donors (Lipinski definition) is 2. The second-order valence-electron chi connectivity index (χ2n) is 4.50. The zero-order chi connectivity index (χ0) is 15.0. The molecule has 1 aliphatic heterocycles. The van der Waals surface area contributed by atoms with Gasteiger partial charge in [0.15, 0.2) is 5.76 Å². The molecule has 1 amide bonds. The Balaban J connectivity index is 2.08. The number of benzene rings is 1. The third-order valence-corrected chi connectivity index (χ3v) is 4.45. The van der Waals surface area contributed by atoms with E-state index in [1.54, 1.807) is 41.8 Å². The molecule has 2 aromatic rings. The van der Waals surface area contributed by atoms with Crippen molar-refractivity contribution in [3.63, 3.8) is 0 Å². The number of hydrogen-bond acceptors (Lipinski definition) is 4. The molecular formula is C15H10ClNO3S. The molecule has 0 saturated heterocycles. The van der Waals surface area contributed by atoms with E-state index >= 15 is 0 Å². The second kappa shape index (κ2) is 5.35. The number of amides is 1. The van der Waals surface area contributed by atoms with E-state index in [1.807, 2.05) is 0 Å². The summed E-state index contributed by atoms with van der Waals surface area (Å²) in [6.45, 7) is 0. The molecule has 21 heavy (non-hydrogen) atoms. The zero-order valence-electron chi connectivity index (χ0n) is 10.7. The van der Waals surface area contributed by atoms with E-state index in [2.05, 4.69) is 5.32 Å². The van der Waals surface area contributed by atoms with Gasteiger partial charge in [0.2, 0.25) is 5.78 Å². The maximum Gasteiger partial charge on any atom is 0.287 e. The van der Waals surface area contributed by atoms with Crippen molar-refractivity contribution < 1.29 is 14.7 Å². The van der Waals surface area contributed by atoms with Crippen LogP contribution in [0.1, 0.15) is 21.3 Å². The fraction of sp³-hybridized carbons (Fsp3) is 0.0667. The van der Waals surface area contributed by atoms with Crippen LogP contribution in [0.5, 0.6) is 0 Å². The summed E-state index contributed by atoms with van der Waals surface area (Å²) in [5, 5.41) is 14.7. The molecule has 0 saturated carbocycles. The maximum atomic E-state index is 12.5. The van der Waals surface area contributed by atoms with Gasteiger partial charge in [0, 0.05) is 5.02 Å². The number of thiophene rings is 1. The molecule has 1 aromatic carbocycles. The summed E-state index contributed by atoms with van der Waals surface area (Å²) in [6.07, 6.45) is 0. The Morgan fingerprint density at radius 1 is 1.24 bits per heavy atom. The fourth-order valence-electron chi connectivity index (χ4n) is 2.25. The first-order valence-electron chi connectivity index (χ1n) is 6.16. The molecule has 0 spiro atoms. The lowest BCUT2D eigenvalue weighted by atomic mass is 9.96. The molecule has 6 heteroatoms. The summed E-state index contributed by atoms with van der Waals surface area (Å²) >= 11 is 7.39. The number of rotatable bonds is 3. The van der Waals surface area contributed by atoms with Gasteiger partial charge in [-0.2, -0.15) is 0 Å². The van der Waals surface area contributed by atoms with E-state index in [4.69, 9.17) is 11.6 Å². The van der Waals surface area contributed by atoms with Gasteiger partial charge in [-0.05, 0) is 23.1 Å². The molecule has 106 valence electrons. The normalized spacial score (nSPS) is 18.0. The Bertz CT molecular complexity index is 752. The number of Topliss-reactive ketones (excluding diaryl/α,β-unsaturated/α-hetero) is 1. The molecular weight excluding hydrogens is 310 g/mol. The summed E-state index contributed by atoms with van der Waals surface area (Å²) in [7, 11) is 0. The Morgan fingerprint density at radius 2 is 2.00 bits per heavy atom. The van der Waals surface area contributed by atoms with Gasteiger partial charge in [-0.15, -0.1) is 11.3 Å². The molecule has 1 aliphatic rings. The van der Waals surface area contributed by atoms with Crippen LogP contribution in [-0.2, 0) is 4.79 Å². The average Bonchev–Trinajstić information content (AvgIpc) is 3.09. The lowest BCUT2D eigenvalue weighted by Gasteiger charge is -2.15. The number of aliphatic hydroxyl groups is 1. The summed E-state index contributed by atoms with van der Waals surface area (Å²) in [4.78, 5) is 24.7. The summed E-state index contributed by atoms with van der Waals surface area (Å²) in [5.74, 6) is -1.58. The van der Waals surface area contributed by atoms with E-state index in [-0.39, 0.29) is 11.4 Å². The molecule has 3 rings (SSSR count). The highest BCUT2D eigenvalue weighted by atomic mass is 35.5. The van der Waals surface area contributed by atoms with E-state index in [1.165, 1.54) is 11.3 Å². The van der Waals surface area contributed by atoms with Crippen LogP contribution in [0.15, 0.2) is 53.1 Å². The number of carbonyl (C=O) groups is 2. The number of aliphatic hydroxyl groups excluding tert-OH is 1. The van der Waals surface area contributed by atoms with Gasteiger partial charge < -0.3 is 10.4 Å². The number of ketones is 1. The minimum absolute atomic E-state index is 0.0375. The van der Waals surface area contributed by atoms with Gasteiger partial charge >= 0.3 is 0 Å². The smallest absolute Gasteiger partial charge is 0.287 e. The van der Waals surface area contributed by atoms with Crippen molar-refractivity contribution in [2.45, 2.75) is 6.04 Å². The Morgan fingerprint density at radius 3 is 2.67 bits per heavy atom. The van der Waals surface area contributed by atoms with E-state index < -0.39 is 17.7 Å². The van der Waals surface area contributed by atoms with Crippen LogP contribution in [0.4, 0.5) is 0 Å². The molecule has 0 bridgehead atoms. The second-order valence-corrected chi connectivity index (χ2v) is 5.85. The molecule has 4 nitrogen and oxygen atoms in total. The summed E-state index contributed by atoms with van der Waals surface area (Å²) in [6, 6.07) is 9.56. The molecule has 1 unspecified atom stereocenters. The van der Waals surface area contributed by atoms with Gasteiger partial charge in [0.1, 0.15) is 0 Å². The van der Waals surface area contributed by atoms with Crippen molar-refractivity contribution in [2.75, 3.05) is 0 Å². The molecule has 2 N–H and O–H groups in total. The zero-order valence-corrected chi connectivity index (χ0v) is 12.2. The summed E-state index contributed by atoms with van der Waals surface area (Å²) < 4.78 is 0. The monoisotopic (exact) mass is 319 g/mol. The molecule has 1 atom stereocenters. The van der Waals surface area contributed by atoms with E-state index in [9.17, 15) is 14.7 Å². The first-order valence-corrected chi connectivity index (χ1v) is 7.42. The van der Waals surface area contributed by atoms with Crippen molar-refractivity contribution >= 4 is 34.6 Å². The molecule has 0 fully saturated rings. The van der Waals surface area contributed by atoms with Gasteiger partial charge in [-0.3, -0.25) is 9.59 Å². The predicted octanol–water partition coefficient (Wildman–Crippen LogP) is 3.27. The third-order valence-electron chi connectivity index (χ3n) is 3.24. The number of halogens is 1. The lowest BCUT2D eigenvalue weighted by Crippen LogP contribution is -2.23. The Labute approximate surface area is 129 Å². The summed E-state index contributed by atoms with van der Waals surface area (Å²) in [5.41, 5.74) is 0.618. The first kappa shape index (κ1) is 13.9. The predicted molar refractivity (Wildman–Crippen MR) is 80.6 cm³/mol. The van der Waals surface area contributed by atoms with Crippen molar-refractivity contribution in [3.8, 4) is 0 Å². The standard InChI is InChI=1S/C15H10ClNO3S/c16-9-5-2-1-4-8(9)12-11(14(19)15(20)17-12)13(18)10-6-3-7-21-10/h1-7,12,19H,(H,17,20). The highest BCUT2D eigenvalue weighted by molar-refractivity contribution is 7.12. The SMILES string of the molecule is O=C1NC(c2ccccc2Cl)C(C(=O)c2cccs2)=C1O. The van der Waals surface area contributed by atoms with Crippen molar-refractivity contribution in [1.29, 1.82) is 0 Å². The topological polar surface area (TPSA) is 66.4 Å². The van der Waals surface area contributed by atoms with Crippen LogP contribution in [0.3, 0.4) is 0 Å². The van der Waals surface area contributed by atoms with Crippen LogP contribution in [0.2, 0.25) is 5.02 Å². The quantitative estimate of drug-likeness (QED) is 0.853. The van der Waals surface area contributed by atoms with Crippen LogP contribution in [-0.4, -0.2) is 16.8 Å². The van der Waals surface area contributed by atoms with E-state index in [0.29, 0.717) is 15.5 Å². The van der Waals surface area contributed by atoms with Crippen molar-refractivity contribution in [1.82, 2.24) is 5.32 Å². The van der Waals surface area contributed by atoms with Crippen molar-refractivity contribution in [2.24, 2.45) is 0 Å². The lowest BCUT2D eigenvalue weighted by molar-refractivity contribution is -0.119. The van der Waals surface area contributed by atoms with Crippen LogP contribution in [0, 0.1) is 0 Å². The number of carbonyl (C=O) groups excluding carboxylic acids is 2. The van der Waals surface area contributed by atoms with Gasteiger partial charge in [-0.1, -0.05) is 35.9 Å². The minimum atomic E-state index is -0.735. The molecule has 0 radical (unpaired) electrons. The van der Waals surface area contributed by atoms with E-state index in [0.717, 1.165) is 0 Å².